The summed E-state index contributed by atoms with van der Waals surface area (Å²) in [5.41, 5.74) is 3.24. The molecule has 1 saturated heterocycles. The Bertz CT molecular complexity index is 924. The van der Waals surface area contributed by atoms with Gasteiger partial charge in [-0.1, -0.05) is 42.0 Å². The first kappa shape index (κ1) is 18.7. The first-order chi connectivity index (χ1) is 13.7. The molecule has 0 saturated carbocycles. The number of benzene rings is 2. The Hall–Kier alpha value is -2.60. The van der Waals surface area contributed by atoms with Gasteiger partial charge in [-0.25, -0.2) is 14.4 Å². The smallest absolute Gasteiger partial charge is 0.146 e. The van der Waals surface area contributed by atoms with Gasteiger partial charge >= 0.3 is 0 Å². The molecule has 4 nitrogen and oxygen atoms in total. The van der Waals surface area contributed by atoms with Crippen LogP contribution in [0.25, 0.3) is 0 Å². The molecular weight excluding hydrogens is 371 g/mol. The largest absolute Gasteiger partial charge is 0.366 e. The zero-order valence-electron chi connectivity index (χ0n) is 15.9. The van der Waals surface area contributed by atoms with Crippen molar-refractivity contribution >= 4 is 23.3 Å². The van der Waals surface area contributed by atoms with Gasteiger partial charge in [-0.2, -0.15) is 0 Å². The van der Waals surface area contributed by atoms with Crippen molar-refractivity contribution in [2.24, 2.45) is 0 Å². The normalized spacial score (nSPS) is 14.4. The number of para-hydroxylation sites is 1. The molecule has 2 aromatic carbocycles. The highest BCUT2D eigenvalue weighted by Gasteiger charge is 2.20. The Morgan fingerprint density at radius 3 is 2.39 bits per heavy atom. The van der Waals surface area contributed by atoms with Crippen molar-refractivity contribution in [2.75, 3.05) is 36.0 Å². The molecule has 2 heterocycles. The van der Waals surface area contributed by atoms with Crippen molar-refractivity contribution in [1.29, 1.82) is 0 Å². The quantitative estimate of drug-likeness (QED) is 0.468. The van der Waals surface area contributed by atoms with Crippen LogP contribution in [0.2, 0.25) is 0 Å². The van der Waals surface area contributed by atoms with E-state index in [1.165, 1.54) is 17.2 Å². The van der Waals surface area contributed by atoms with Gasteiger partial charge in [-0.05, 0) is 24.6 Å². The van der Waals surface area contributed by atoms with Crippen molar-refractivity contribution in [1.82, 2.24) is 9.97 Å². The van der Waals surface area contributed by atoms with Crippen LogP contribution < -0.4 is 9.80 Å². The predicted molar refractivity (Wildman–Crippen MR) is 114 cm³/mol. The minimum atomic E-state index is -0.159. The van der Waals surface area contributed by atoms with Crippen LogP contribution in [0.15, 0.2) is 66.0 Å². The van der Waals surface area contributed by atoms with Crippen LogP contribution in [0.5, 0.6) is 0 Å². The van der Waals surface area contributed by atoms with Crippen LogP contribution >= 0.6 is 11.8 Å². The molecule has 1 fully saturated rings. The lowest BCUT2D eigenvalue weighted by Gasteiger charge is -2.36. The number of halogens is 1. The summed E-state index contributed by atoms with van der Waals surface area (Å²) in [5, 5.41) is 0.974. The number of piperazine rings is 1. The fraction of sp³-hybridized carbons (Fsp3) is 0.273. The summed E-state index contributed by atoms with van der Waals surface area (Å²) >= 11 is 1.72. The molecule has 3 aromatic rings. The molecule has 1 aliphatic rings. The highest BCUT2D eigenvalue weighted by Crippen LogP contribution is 2.25. The summed E-state index contributed by atoms with van der Waals surface area (Å²) < 4.78 is 14.0. The van der Waals surface area contributed by atoms with Crippen LogP contribution in [0.4, 0.5) is 15.9 Å². The van der Waals surface area contributed by atoms with Gasteiger partial charge in [0.25, 0.3) is 0 Å². The molecule has 0 N–H and O–H groups in total. The highest BCUT2D eigenvalue weighted by atomic mass is 32.2. The third kappa shape index (κ3) is 4.44. The van der Waals surface area contributed by atoms with E-state index in [4.69, 9.17) is 0 Å². The second-order valence-corrected chi connectivity index (χ2v) is 7.91. The third-order valence-corrected chi connectivity index (χ3v) is 5.93. The highest BCUT2D eigenvalue weighted by molar-refractivity contribution is 7.98. The molecule has 0 unspecified atom stereocenters. The average molecular weight is 395 g/mol. The minimum Gasteiger partial charge on any atom is -0.366 e. The molecule has 0 spiro atoms. The molecule has 0 radical (unpaired) electrons. The van der Waals surface area contributed by atoms with Crippen molar-refractivity contribution in [3.05, 3.63) is 77.9 Å². The van der Waals surface area contributed by atoms with E-state index in [2.05, 4.69) is 57.0 Å². The second-order valence-electron chi connectivity index (χ2n) is 6.91. The van der Waals surface area contributed by atoms with Gasteiger partial charge in [-0.15, -0.1) is 11.8 Å². The maximum Gasteiger partial charge on any atom is 0.146 e. The number of hydrogen-bond donors (Lipinski definition) is 0. The number of aryl methyl sites for hydroxylation is 1. The van der Waals surface area contributed by atoms with E-state index in [-0.39, 0.29) is 5.82 Å². The molecular formula is C22H23FN4S. The summed E-state index contributed by atoms with van der Waals surface area (Å²) in [6.07, 6.45) is 1.63. The molecule has 6 heteroatoms. The summed E-state index contributed by atoms with van der Waals surface area (Å²) in [4.78, 5) is 13.2. The number of hydrogen-bond acceptors (Lipinski definition) is 5. The number of nitrogens with zero attached hydrogens (tertiary/aromatic N) is 4. The number of aromatic nitrogens is 2. The van der Waals surface area contributed by atoms with Crippen molar-refractivity contribution in [2.45, 2.75) is 17.7 Å². The van der Waals surface area contributed by atoms with Crippen molar-refractivity contribution < 1.29 is 4.39 Å². The van der Waals surface area contributed by atoms with Gasteiger partial charge in [0.1, 0.15) is 23.0 Å². The van der Waals surface area contributed by atoms with Crippen molar-refractivity contribution in [3.8, 4) is 0 Å². The topological polar surface area (TPSA) is 32.3 Å². The number of anilines is 2. The number of thioether (sulfide) groups is 1. The lowest BCUT2D eigenvalue weighted by atomic mass is 10.2. The lowest BCUT2D eigenvalue weighted by molar-refractivity contribution is 0.595. The van der Waals surface area contributed by atoms with Gasteiger partial charge in [0.05, 0.1) is 5.69 Å². The molecule has 0 aliphatic carbocycles. The van der Waals surface area contributed by atoms with Crippen LogP contribution in [-0.4, -0.2) is 36.1 Å². The molecule has 0 bridgehead atoms. The first-order valence-electron chi connectivity index (χ1n) is 9.44. The Balaban J connectivity index is 1.37. The van der Waals surface area contributed by atoms with Gasteiger partial charge in [0.15, 0.2) is 0 Å². The second kappa shape index (κ2) is 8.61. The van der Waals surface area contributed by atoms with Crippen LogP contribution in [0.1, 0.15) is 11.1 Å². The first-order valence-corrected chi connectivity index (χ1v) is 10.4. The van der Waals surface area contributed by atoms with E-state index >= 15 is 0 Å². The van der Waals surface area contributed by atoms with Crippen molar-refractivity contribution in [3.63, 3.8) is 0 Å². The molecule has 144 valence electrons. The van der Waals surface area contributed by atoms with E-state index in [1.54, 1.807) is 24.2 Å². The molecule has 0 atom stereocenters. The van der Waals surface area contributed by atoms with Crippen LogP contribution in [0, 0.1) is 12.7 Å². The van der Waals surface area contributed by atoms with E-state index in [1.807, 2.05) is 12.1 Å². The van der Waals surface area contributed by atoms with E-state index in [9.17, 15) is 4.39 Å². The summed E-state index contributed by atoms with van der Waals surface area (Å²) in [6.45, 7) is 5.27. The Morgan fingerprint density at radius 2 is 1.64 bits per heavy atom. The predicted octanol–water partition coefficient (Wildman–Crippen LogP) is 4.54. The fourth-order valence-corrected chi connectivity index (χ4v) is 4.13. The Morgan fingerprint density at radius 1 is 0.929 bits per heavy atom. The number of rotatable bonds is 5. The standard InChI is InChI=1S/C22H23FN4S/c1-17-6-8-18(9-7-17)15-28-22-14-21(24-16-25-22)27-12-10-26(11-13-27)20-5-3-2-4-19(20)23/h2-9,14,16H,10-13,15H2,1H3. The molecule has 4 rings (SSSR count). The lowest BCUT2D eigenvalue weighted by Crippen LogP contribution is -2.47. The zero-order chi connectivity index (χ0) is 19.3. The fourth-order valence-electron chi connectivity index (χ4n) is 3.31. The summed E-state index contributed by atoms with van der Waals surface area (Å²) in [7, 11) is 0. The van der Waals surface area contributed by atoms with E-state index < -0.39 is 0 Å². The Labute approximate surface area is 169 Å². The monoisotopic (exact) mass is 394 g/mol. The molecule has 1 aromatic heterocycles. The van der Waals surface area contributed by atoms with Gasteiger partial charge in [0.2, 0.25) is 0 Å². The van der Waals surface area contributed by atoms with Gasteiger partial charge < -0.3 is 9.80 Å². The minimum absolute atomic E-state index is 0.159. The molecule has 0 amide bonds. The Kier molecular flexibility index (Phi) is 5.76. The van der Waals surface area contributed by atoms with E-state index in [0.717, 1.165) is 42.8 Å². The van der Waals surface area contributed by atoms with Crippen LogP contribution in [0.3, 0.4) is 0 Å². The van der Waals surface area contributed by atoms with Gasteiger partial charge in [0, 0.05) is 38.0 Å². The molecule has 1 aliphatic heterocycles. The van der Waals surface area contributed by atoms with Crippen LogP contribution in [-0.2, 0) is 5.75 Å². The van der Waals surface area contributed by atoms with Gasteiger partial charge in [-0.3, -0.25) is 0 Å². The van der Waals surface area contributed by atoms with E-state index in [0.29, 0.717) is 5.69 Å². The zero-order valence-corrected chi connectivity index (χ0v) is 16.7. The summed E-state index contributed by atoms with van der Waals surface area (Å²) in [6, 6.07) is 17.6. The summed E-state index contributed by atoms with van der Waals surface area (Å²) in [5.74, 6) is 1.67. The SMILES string of the molecule is Cc1ccc(CSc2cc(N3CCN(c4ccccc4F)CC3)ncn2)cc1. The maximum absolute atomic E-state index is 14.0. The molecule has 28 heavy (non-hydrogen) atoms. The average Bonchev–Trinajstić information content (AvgIpc) is 2.74. The third-order valence-electron chi connectivity index (χ3n) is 4.93. The maximum atomic E-state index is 14.0.